The number of fused-ring (bicyclic) bond motifs is 3. The van der Waals surface area contributed by atoms with Gasteiger partial charge in [-0.25, -0.2) is 9.50 Å². The van der Waals surface area contributed by atoms with Crippen LogP contribution in [0.5, 0.6) is 0 Å². The molecule has 3 heterocycles. The van der Waals surface area contributed by atoms with Crippen molar-refractivity contribution in [2.24, 2.45) is 0 Å². The number of methoxy groups -OCH3 is 1. The summed E-state index contributed by atoms with van der Waals surface area (Å²) in [4.78, 5) is 17.3. The molecule has 0 fully saturated rings. The van der Waals surface area contributed by atoms with Gasteiger partial charge in [0.1, 0.15) is 0 Å². The maximum Gasteiger partial charge on any atom is 0.261 e. The zero-order chi connectivity index (χ0) is 18.1. The van der Waals surface area contributed by atoms with Crippen LogP contribution in [0.2, 0.25) is 0 Å². The zero-order valence-electron chi connectivity index (χ0n) is 14.8. The number of rotatable bonds is 5. The predicted octanol–water partition coefficient (Wildman–Crippen LogP) is 3.27. The van der Waals surface area contributed by atoms with Crippen LogP contribution in [0, 0.1) is 0 Å². The minimum atomic E-state index is -0.0381. The number of hydrogen-bond donors (Lipinski definition) is 0. The molecule has 0 saturated heterocycles. The predicted molar refractivity (Wildman–Crippen MR) is 101 cm³/mol. The lowest BCUT2D eigenvalue weighted by Gasteiger charge is -2.06. The molecular formula is C20H20N4O2. The van der Waals surface area contributed by atoms with E-state index >= 15 is 0 Å². The van der Waals surface area contributed by atoms with Crippen molar-refractivity contribution in [3.05, 3.63) is 64.8 Å². The molecule has 0 aliphatic heterocycles. The molecule has 26 heavy (non-hydrogen) atoms. The summed E-state index contributed by atoms with van der Waals surface area (Å²) in [5, 5.41) is 5.27. The smallest absolute Gasteiger partial charge is 0.261 e. The SMILES string of the molecule is CCCn1ccc2c(cnc3c(-c4ccccc4)c(COC)nn32)c1=O. The van der Waals surface area contributed by atoms with E-state index in [2.05, 4.69) is 11.9 Å². The van der Waals surface area contributed by atoms with Gasteiger partial charge in [-0.3, -0.25) is 4.79 Å². The molecule has 0 N–H and O–H groups in total. The molecule has 6 heteroatoms. The summed E-state index contributed by atoms with van der Waals surface area (Å²) >= 11 is 0. The summed E-state index contributed by atoms with van der Waals surface area (Å²) < 4.78 is 8.81. The highest BCUT2D eigenvalue weighted by atomic mass is 16.5. The van der Waals surface area contributed by atoms with Gasteiger partial charge in [0.25, 0.3) is 5.56 Å². The second kappa shape index (κ2) is 6.72. The van der Waals surface area contributed by atoms with Gasteiger partial charge in [0.2, 0.25) is 0 Å². The molecule has 0 radical (unpaired) electrons. The van der Waals surface area contributed by atoms with Gasteiger partial charge >= 0.3 is 0 Å². The molecule has 3 aromatic heterocycles. The number of aryl methyl sites for hydroxylation is 1. The molecule has 1 aromatic carbocycles. The molecule has 4 aromatic rings. The van der Waals surface area contributed by atoms with Crippen LogP contribution in [0.25, 0.3) is 27.7 Å². The minimum Gasteiger partial charge on any atom is -0.378 e. The Kier molecular flexibility index (Phi) is 4.26. The maximum atomic E-state index is 12.7. The Labute approximate surface area is 150 Å². The Morgan fingerprint density at radius 1 is 1.15 bits per heavy atom. The Morgan fingerprint density at radius 2 is 1.96 bits per heavy atom. The molecule has 0 amide bonds. The van der Waals surface area contributed by atoms with Crippen molar-refractivity contribution >= 4 is 16.6 Å². The third kappa shape index (κ3) is 2.59. The lowest BCUT2D eigenvalue weighted by Crippen LogP contribution is -2.20. The summed E-state index contributed by atoms with van der Waals surface area (Å²) in [5.74, 6) is 0. The maximum absolute atomic E-state index is 12.7. The molecule has 0 spiro atoms. The number of aromatic nitrogens is 4. The van der Waals surface area contributed by atoms with Crippen LogP contribution in [-0.4, -0.2) is 26.3 Å². The number of pyridine rings is 1. The van der Waals surface area contributed by atoms with Gasteiger partial charge in [-0.15, -0.1) is 0 Å². The molecule has 132 valence electrons. The Bertz CT molecular complexity index is 1130. The second-order valence-corrected chi connectivity index (χ2v) is 6.23. The Morgan fingerprint density at radius 3 is 2.69 bits per heavy atom. The monoisotopic (exact) mass is 348 g/mol. The van der Waals surface area contributed by atoms with E-state index in [1.54, 1.807) is 22.4 Å². The van der Waals surface area contributed by atoms with Gasteiger partial charge in [-0.05, 0) is 18.1 Å². The summed E-state index contributed by atoms with van der Waals surface area (Å²) in [7, 11) is 1.65. The van der Waals surface area contributed by atoms with Gasteiger partial charge in [0.15, 0.2) is 5.65 Å². The zero-order valence-corrected chi connectivity index (χ0v) is 14.8. The van der Waals surface area contributed by atoms with Crippen molar-refractivity contribution in [2.75, 3.05) is 7.11 Å². The second-order valence-electron chi connectivity index (χ2n) is 6.23. The number of benzene rings is 1. The quantitative estimate of drug-likeness (QED) is 0.555. The molecule has 0 atom stereocenters. The summed E-state index contributed by atoms with van der Waals surface area (Å²) in [5.41, 5.74) is 4.21. The first-order valence-corrected chi connectivity index (χ1v) is 8.68. The van der Waals surface area contributed by atoms with Crippen LogP contribution in [0.4, 0.5) is 0 Å². The lowest BCUT2D eigenvalue weighted by molar-refractivity contribution is 0.181. The molecule has 6 nitrogen and oxygen atoms in total. The third-order valence-electron chi connectivity index (χ3n) is 4.47. The highest BCUT2D eigenvalue weighted by Crippen LogP contribution is 2.29. The van der Waals surface area contributed by atoms with Crippen molar-refractivity contribution in [1.82, 2.24) is 19.2 Å². The van der Waals surface area contributed by atoms with E-state index in [4.69, 9.17) is 9.84 Å². The minimum absolute atomic E-state index is 0.0381. The van der Waals surface area contributed by atoms with Crippen molar-refractivity contribution in [3.63, 3.8) is 0 Å². The van der Waals surface area contributed by atoms with E-state index in [-0.39, 0.29) is 5.56 Å². The number of hydrogen-bond acceptors (Lipinski definition) is 4. The van der Waals surface area contributed by atoms with Crippen molar-refractivity contribution < 1.29 is 4.74 Å². The molecular weight excluding hydrogens is 328 g/mol. The van der Waals surface area contributed by atoms with Crippen LogP contribution in [0.15, 0.2) is 53.6 Å². The van der Waals surface area contributed by atoms with Gasteiger partial charge in [-0.1, -0.05) is 37.3 Å². The topological polar surface area (TPSA) is 61.4 Å². The molecule has 4 rings (SSSR count). The Balaban J connectivity index is 2.04. The highest BCUT2D eigenvalue weighted by Gasteiger charge is 2.18. The largest absolute Gasteiger partial charge is 0.378 e. The number of ether oxygens (including phenoxy) is 1. The fourth-order valence-corrected chi connectivity index (χ4v) is 3.31. The highest BCUT2D eigenvalue weighted by molar-refractivity contribution is 5.86. The Hall–Kier alpha value is -2.99. The average molecular weight is 348 g/mol. The van der Waals surface area contributed by atoms with Crippen LogP contribution in [0.1, 0.15) is 19.0 Å². The van der Waals surface area contributed by atoms with Gasteiger partial charge in [-0.2, -0.15) is 5.10 Å². The van der Waals surface area contributed by atoms with Gasteiger partial charge < -0.3 is 9.30 Å². The van der Waals surface area contributed by atoms with E-state index in [1.807, 2.05) is 42.6 Å². The van der Waals surface area contributed by atoms with Crippen LogP contribution < -0.4 is 5.56 Å². The van der Waals surface area contributed by atoms with Crippen molar-refractivity contribution in [2.45, 2.75) is 26.5 Å². The van der Waals surface area contributed by atoms with Crippen molar-refractivity contribution in [1.29, 1.82) is 0 Å². The van der Waals surface area contributed by atoms with Crippen LogP contribution in [-0.2, 0) is 17.9 Å². The number of nitrogens with zero attached hydrogens (tertiary/aromatic N) is 4. The van der Waals surface area contributed by atoms with Gasteiger partial charge in [0, 0.05) is 26.0 Å². The normalized spacial score (nSPS) is 11.5. The standard InChI is InChI=1S/C20H20N4O2/c1-3-10-23-11-9-17-15(20(23)25)12-21-19-18(14-7-5-4-6-8-14)16(13-26-2)22-24(17)19/h4-9,11-12H,3,10,13H2,1-2H3. The van der Waals surface area contributed by atoms with Crippen LogP contribution in [0.3, 0.4) is 0 Å². The van der Waals surface area contributed by atoms with E-state index in [0.29, 0.717) is 18.5 Å². The summed E-state index contributed by atoms with van der Waals surface area (Å²) in [6.45, 7) is 3.12. The molecule has 0 bridgehead atoms. The fraction of sp³-hybridized carbons (Fsp3) is 0.250. The van der Waals surface area contributed by atoms with E-state index in [1.165, 1.54) is 0 Å². The third-order valence-corrected chi connectivity index (χ3v) is 4.47. The first kappa shape index (κ1) is 16.5. The molecule has 0 aliphatic rings. The van der Waals surface area contributed by atoms with E-state index in [0.717, 1.165) is 34.4 Å². The van der Waals surface area contributed by atoms with Crippen LogP contribution >= 0.6 is 0 Å². The van der Waals surface area contributed by atoms with E-state index in [9.17, 15) is 4.79 Å². The van der Waals surface area contributed by atoms with Gasteiger partial charge in [0.05, 0.1) is 28.8 Å². The average Bonchev–Trinajstić information content (AvgIpc) is 3.03. The van der Waals surface area contributed by atoms with E-state index < -0.39 is 0 Å². The first-order chi connectivity index (χ1) is 12.7. The fourth-order valence-electron chi connectivity index (χ4n) is 3.31. The summed E-state index contributed by atoms with van der Waals surface area (Å²) in [6.07, 6.45) is 4.39. The van der Waals surface area contributed by atoms with Crippen molar-refractivity contribution in [3.8, 4) is 11.1 Å². The molecule has 0 aliphatic carbocycles. The first-order valence-electron chi connectivity index (χ1n) is 8.68. The summed E-state index contributed by atoms with van der Waals surface area (Å²) in [6, 6.07) is 11.9. The molecule has 0 saturated carbocycles. The lowest BCUT2D eigenvalue weighted by atomic mass is 10.1. The molecule has 0 unspecified atom stereocenters.